The van der Waals surface area contributed by atoms with Crippen molar-refractivity contribution in [2.24, 2.45) is 0 Å². The van der Waals surface area contributed by atoms with E-state index in [1.807, 2.05) is 37.4 Å². The van der Waals surface area contributed by atoms with Gasteiger partial charge in [0, 0.05) is 36.4 Å². The molecular weight excluding hydrogens is 374 g/mol. The number of nitrogens with zero attached hydrogens (tertiary/aromatic N) is 1. The summed E-state index contributed by atoms with van der Waals surface area (Å²) in [4.78, 5) is 15.8. The van der Waals surface area contributed by atoms with E-state index in [1.54, 1.807) is 19.2 Å². The Morgan fingerprint density at radius 1 is 1.11 bits per heavy atom. The van der Waals surface area contributed by atoms with Gasteiger partial charge in [-0.25, -0.2) is 12.7 Å². The number of fused-ring (bicyclic) bond motifs is 1. The summed E-state index contributed by atoms with van der Waals surface area (Å²) in [7, 11) is -1.92. The normalized spacial score (nSPS) is 11.8. The molecule has 0 saturated heterocycles. The summed E-state index contributed by atoms with van der Waals surface area (Å²) < 4.78 is 26.4. The van der Waals surface area contributed by atoms with E-state index < -0.39 is 10.0 Å². The number of sulfonamides is 1. The van der Waals surface area contributed by atoms with Crippen molar-refractivity contribution in [3.8, 4) is 0 Å². The zero-order valence-electron chi connectivity index (χ0n) is 16.1. The van der Waals surface area contributed by atoms with Gasteiger partial charge in [0.1, 0.15) is 0 Å². The first kappa shape index (κ1) is 20.1. The number of benzene rings is 2. The first-order chi connectivity index (χ1) is 13.4. The molecule has 3 rings (SSSR count). The average Bonchev–Trinajstić information content (AvgIpc) is 3.09. The lowest BCUT2D eigenvalue weighted by atomic mass is 10.1. The lowest BCUT2D eigenvalue weighted by Crippen LogP contribution is -2.27. The molecule has 0 aliphatic heterocycles. The standard InChI is InChI=1S/C21H25N3O3S/c1-3-4-13-24(2)28(26,27)18-11-9-17(10-12-18)23-21(25)14-16-15-22-20-8-6-5-7-19(16)20/h5-12,15,22H,3-4,13-14H2,1-2H3,(H,23,25). The fraction of sp³-hybridized carbons (Fsp3) is 0.286. The van der Waals surface area contributed by atoms with Crippen LogP contribution in [-0.4, -0.2) is 37.2 Å². The minimum Gasteiger partial charge on any atom is -0.361 e. The van der Waals surface area contributed by atoms with Gasteiger partial charge >= 0.3 is 0 Å². The molecule has 0 aliphatic rings. The maximum absolute atomic E-state index is 12.5. The molecule has 1 amide bonds. The smallest absolute Gasteiger partial charge is 0.242 e. The molecule has 0 spiro atoms. The summed E-state index contributed by atoms with van der Waals surface area (Å²) >= 11 is 0. The molecule has 3 aromatic rings. The second-order valence-corrected chi connectivity index (χ2v) is 8.83. The fourth-order valence-corrected chi connectivity index (χ4v) is 4.26. The second-order valence-electron chi connectivity index (χ2n) is 6.79. The number of nitrogens with one attached hydrogen (secondary N) is 2. The van der Waals surface area contributed by atoms with Gasteiger partial charge in [0.15, 0.2) is 0 Å². The van der Waals surface area contributed by atoms with Crippen LogP contribution in [-0.2, 0) is 21.2 Å². The molecule has 2 aromatic carbocycles. The van der Waals surface area contributed by atoms with Crippen molar-refractivity contribution < 1.29 is 13.2 Å². The highest BCUT2D eigenvalue weighted by atomic mass is 32.2. The Bertz CT molecular complexity index is 1060. The van der Waals surface area contributed by atoms with Crippen LogP contribution in [0.4, 0.5) is 5.69 Å². The Kier molecular flexibility index (Phi) is 6.16. The summed E-state index contributed by atoms with van der Waals surface area (Å²) in [6, 6.07) is 14.1. The highest BCUT2D eigenvalue weighted by Crippen LogP contribution is 2.20. The molecule has 2 N–H and O–H groups in total. The lowest BCUT2D eigenvalue weighted by molar-refractivity contribution is -0.115. The number of hydrogen-bond acceptors (Lipinski definition) is 3. The zero-order valence-corrected chi connectivity index (χ0v) is 16.9. The van der Waals surface area contributed by atoms with Crippen LogP contribution in [0.15, 0.2) is 59.6 Å². The second kappa shape index (κ2) is 8.58. The third-order valence-electron chi connectivity index (χ3n) is 4.70. The molecule has 148 valence electrons. The molecule has 0 fully saturated rings. The highest BCUT2D eigenvalue weighted by molar-refractivity contribution is 7.89. The molecule has 0 unspecified atom stereocenters. The monoisotopic (exact) mass is 399 g/mol. The van der Waals surface area contributed by atoms with Crippen LogP contribution in [0.25, 0.3) is 10.9 Å². The van der Waals surface area contributed by atoms with Gasteiger partial charge in [-0.15, -0.1) is 0 Å². The van der Waals surface area contributed by atoms with Crippen LogP contribution in [0.5, 0.6) is 0 Å². The predicted molar refractivity (Wildman–Crippen MR) is 112 cm³/mol. The predicted octanol–water partition coefficient (Wildman–Crippen LogP) is 3.77. The van der Waals surface area contributed by atoms with Crippen molar-refractivity contribution in [1.29, 1.82) is 0 Å². The number of H-pyrrole nitrogens is 1. The molecule has 6 nitrogen and oxygen atoms in total. The van der Waals surface area contributed by atoms with Gasteiger partial charge in [-0.3, -0.25) is 4.79 Å². The van der Waals surface area contributed by atoms with Crippen LogP contribution in [0.2, 0.25) is 0 Å². The zero-order chi connectivity index (χ0) is 20.1. The number of hydrogen-bond donors (Lipinski definition) is 2. The SMILES string of the molecule is CCCCN(C)S(=O)(=O)c1ccc(NC(=O)Cc2c[nH]c3ccccc23)cc1. The molecule has 0 atom stereocenters. The largest absolute Gasteiger partial charge is 0.361 e. The van der Waals surface area contributed by atoms with E-state index in [0.29, 0.717) is 12.2 Å². The van der Waals surface area contributed by atoms with E-state index in [2.05, 4.69) is 10.3 Å². The first-order valence-corrected chi connectivity index (χ1v) is 10.8. The number of rotatable bonds is 8. The van der Waals surface area contributed by atoms with Crippen LogP contribution >= 0.6 is 0 Å². The minimum atomic E-state index is -3.51. The highest BCUT2D eigenvalue weighted by Gasteiger charge is 2.20. The number of para-hydroxylation sites is 1. The molecule has 0 saturated carbocycles. The van der Waals surface area contributed by atoms with Crippen molar-refractivity contribution in [3.05, 3.63) is 60.3 Å². The Morgan fingerprint density at radius 3 is 2.54 bits per heavy atom. The maximum Gasteiger partial charge on any atom is 0.242 e. The van der Waals surface area contributed by atoms with Crippen molar-refractivity contribution in [2.75, 3.05) is 18.9 Å². The molecule has 1 aromatic heterocycles. The average molecular weight is 400 g/mol. The molecule has 0 bridgehead atoms. The van der Waals surface area contributed by atoms with Crippen molar-refractivity contribution >= 4 is 32.5 Å². The Labute approximate surface area is 165 Å². The lowest BCUT2D eigenvalue weighted by Gasteiger charge is -2.17. The van der Waals surface area contributed by atoms with Gasteiger partial charge in [-0.05, 0) is 42.3 Å². The molecule has 1 heterocycles. The van der Waals surface area contributed by atoms with Crippen LogP contribution in [0, 0.1) is 0 Å². The van der Waals surface area contributed by atoms with Crippen molar-refractivity contribution in [2.45, 2.75) is 31.1 Å². The molecule has 28 heavy (non-hydrogen) atoms. The van der Waals surface area contributed by atoms with E-state index in [9.17, 15) is 13.2 Å². The van der Waals surface area contributed by atoms with E-state index >= 15 is 0 Å². The number of carbonyl (C=O) groups excluding carboxylic acids is 1. The summed E-state index contributed by atoms with van der Waals surface area (Å²) in [5.41, 5.74) is 2.48. The topological polar surface area (TPSA) is 82.3 Å². The number of anilines is 1. The molecule has 0 aliphatic carbocycles. The number of carbonyl (C=O) groups is 1. The Hall–Kier alpha value is -2.64. The Balaban J connectivity index is 1.66. The summed E-state index contributed by atoms with van der Waals surface area (Å²) in [6.45, 7) is 2.51. The van der Waals surface area contributed by atoms with Gasteiger partial charge < -0.3 is 10.3 Å². The summed E-state index contributed by atoms with van der Waals surface area (Å²) in [6.07, 6.45) is 3.83. The van der Waals surface area contributed by atoms with Crippen LogP contribution in [0.1, 0.15) is 25.3 Å². The van der Waals surface area contributed by atoms with E-state index in [4.69, 9.17) is 0 Å². The quantitative estimate of drug-likeness (QED) is 0.605. The number of aromatic nitrogens is 1. The van der Waals surface area contributed by atoms with E-state index in [1.165, 1.54) is 16.4 Å². The number of aromatic amines is 1. The van der Waals surface area contributed by atoms with Crippen molar-refractivity contribution in [3.63, 3.8) is 0 Å². The maximum atomic E-state index is 12.5. The molecular formula is C21H25N3O3S. The van der Waals surface area contributed by atoms with Crippen LogP contribution in [0.3, 0.4) is 0 Å². The third-order valence-corrected chi connectivity index (χ3v) is 6.57. The third kappa shape index (κ3) is 4.43. The van der Waals surface area contributed by atoms with Gasteiger partial charge in [0.2, 0.25) is 15.9 Å². The fourth-order valence-electron chi connectivity index (χ4n) is 3.05. The minimum absolute atomic E-state index is 0.152. The summed E-state index contributed by atoms with van der Waals surface area (Å²) in [5.74, 6) is -0.152. The summed E-state index contributed by atoms with van der Waals surface area (Å²) in [5, 5.41) is 3.85. The Morgan fingerprint density at radius 2 is 1.82 bits per heavy atom. The first-order valence-electron chi connectivity index (χ1n) is 9.33. The van der Waals surface area contributed by atoms with Crippen molar-refractivity contribution in [1.82, 2.24) is 9.29 Å². The molecule has 0 radical (unpaired) electrons. The van der Waals surface area contributed by atoms with Gasteiger partial charge in [-0.1, -0.05) is 31.5 Å². The number of unbranched alkanes of at least 4 members (excludes halogenated alkanes) is 1. The van der Waals surface area contributed by atoms with Gasteiger partial charge in [0.05, 0.1) is 11.3 Å². The van der Waals surface area contributed by atoms with Gasteiger partial charge in [-0.2, -0.15) is 0 Å². The number of amides is 1. The van der Waals surface area contributed by atoms with E-state index in [0.717, 1.165) is 29.3 Å². The van der Waals surface area contributed by atoms with Gasteiger partial charge in [0.25, 0.3) is 0 Å². The van der Waals surface area contributed by atoms with E-state index in [-0.39, 0.29) is 17.2 Å². The van der Waals surface area contributed by atoms with Crippen LogP contribution < -0.4 is 5.32 Å². The molecule has 7 heteroatoms.